The summed E-state index contributed by atoms with van der Waals surface area (Å²) in [5.41, 5.74) is 6.29. The molecule has 2 unspecified atom stereocenters. The van der Waals surface area contributed by atoms with Crippen LogP contribution in [0.1, 0.15) is 29.6 Å². The van der Waals surface area contributed by atoms with Gasteiger partial charge in [-0.15, -0.1) is 0 Å². The lowest BCUT2D eigenvalue weighted by Gasteiger charge is -2.19. The second-order valence-electron chi connectivity index (χ2n) is 4.63. The zero-order valence-electron chi connectivity index (χ0n) is 9.96. The SMILES string of the molecule is NCC1CCCC1NC(=O)c1cc(Cl)ccc1Br. The molecule has 0 bridgehead atoms. The molecule has 3 N–H and O–H groups in total. The van der Waals surface area contributed by atoms with E-state index in [0.29, 0.717) is 23.0 Å². The smallest absolute Gasteiger partial charge is 0.252 e. The van der Waals surface area contributed by atoms with E-state index in [2.05, 4.69) is 21.2 Å². The average Bonchev–Trinajstić information content (AvgIpc) is 2.79. The minimum atomic E-state index is -0.0882. The van der Waals surface area contributed by atoms with Gasteiger partial charge in [-0.05, 0) is 59.4 Å². The minimum Gasteiger partial charge on any atom is -0.349 e. The van der Waals surface area contributed by atoms with Crippen molar-refractivity contribution >= 4 is 33.4 Å². The van der Waals surface area contributed by atoms with Gasteiger partial charge in [-0.1, -0.05) is 18.0 Å². The summed E-state index contributed by atoms with van der Waals surface area (Å²) in [5.74, 6) is 0.307. The highest BCUT2D eigenvalue weighted by molar-refractivity contribution is 9.10. The number of hydrogen-bond donors (Lipinski definition) is 2. The van der Waals surface area contributed by atoms with Gasteiger partial charge in [0, 0.05) is 15.5 Å². The molecular weight excluding hydrogens is 316 g/mol. The van der Waals surface area contributed by atoms with E-state index in [1.807, 2.05) is 0 Å². The largest absolute Gasteiger partial charge is 0.349 e. The van der Waals surface area contributed by atoms with E-state index in [0.717, 1.165) is 23.7 Å². The van der Waals surface area contributed by atoms with Gasteiger partial charge >= 0.3 is 0 Å². The van der Waals surface area contributed by atoms with Gasteiger partial charge in [0.15, 0.2) is 0 Å². The predicted octanol–water partition coefficient (Wildman–Crippen LogP) is 2.96. The van der Waals surface area contributed by atoms with Gasteiger partial charge in [0.1, 0.15) is 0 Å². The van der Waals surface area contributed by atoms with Crippen LogP contribution in [0.15, 0.2) is 22.7 Å². The van der Waals surface area contributed by atoms with Gasteiger partial charge in [-0.25, -0.2) is 0 Å². The Morgan fingerprint density at radius 1 is 1.50 bits per heavy atom. The van der Waals surface area contributed by atoms with Gasteiger partial charge in [-0.3, -0.25) is 4.79 Å². The van der Waals surface area contributed by atoms with Crippen LogP contribution in [0.5, 0.6) is 0 Å². The summed E-state index contributed by atoms with van der Waals surface area (Å²) in [6, 6.07) is 5.40. The molecule has 18 heavy (non-hydrogen) atoms. The first kappa shape index (κ1) is 13.8. The monoisotopic (exact) mass is 330 g/mol. The molecule has 0 saturated heterocycles. The van der Waals surface area contributed by atoms with E-state index >= 15 is 0 Å². The van der Waals surface area contributed by atoms with Gasteiger partial charge in [0.05, 0.1) is 5.56 Å². The van der Waals surface area contributed by atoms with Crippen LogP contribution in [0, 0.1) is 5.92 Å². The molecule has 0 aliphatic heterocycles. The third-order valence-corrected chi connectivity index (χ3v) is 4.38. The summed E-state index contributed by atoms with van der Waals surface area (Å²) in [7, 11) is 0. The van der Waals surface area contributed by atoms with Crippen LogP contribution in [0.3, 0.4) is 0 Å². The van der Waals surface area contributed by atoms with Crippen molar-refractivity contribution in [2.24, 2.45) is 11.7 Å². The number of nitrogens with one attached hydrogen (secondary N) is 1. The molecule has 1 fully saturated rings. The van der Waals surface area contributed by atoms with Crippen molar-refractivity contribution in [2.75, 3.05) is 6.54 Å². The molecule has 1 aromatic rings. The van der Waals surface area contributed by atoms with Crippen molar-refractivity contribution in [1.82, 2.24) is 5.32 Å². The minimum absolute atomic E-state index is 0.0882. The highest BCUT2D eigenvalue weighted by atomic mass is 79.9. The highest BCUT2D eigenvalue weighted by Gasteiger charge is 2.28. The molecule has 98 valence electrons. The number of amides is 1. The Morgan fingerprint density at radius 3 is 3.00 bits per heavy atom. The van der Waals surface area contributed by atoms with Crippen LogP contribution < -0.4 is 11.1 Å². The van der Waals surface area contributed by atoms with Crippen molar-refractivity contribution in [3.05, 3.63) is 33.3 Å². The summed E-state index contributed by atoms with van der Waals surface area (Å²) in [6.45, 7) is 0.627. The number of halogens is 2. The summed E-state index contributed by atoms with van der Waals surface area (Å²) >= 11 is 9.28. The molecule has 1 aromatic carbocycles. The fraction of sp³-hybridized carbons (Fsp3) is 0.462. The zero-order chi connectivity index (χ0) is 13.1. The molecule has 1 saturated carbocycles. The van der Waals surface area contributed by atoms with Crippen molar-refractivity contribution in [2.45, 2.75) is 25.3 Å². The molecule has 1 amide bonds. The van der Waals surface area contributed by atoms with E-state index in [4.69, 9.17) is 17.3 Å². The van der Waals surface area contributed by atoms with E-state index < -0.39 is 0 Å². The van der Waals surface area contributed by atoms with Crippen molar-refractivity contribution in [3.63, 3.8) is 0 Å². The lowest BCUT2D eigenvalue weighted by atomic mass is 10.0. The number of rotatable bonds is 3. The normalized spacial score (nSPS) is 23.1. The average molecular weight is 332 g/mol. The molecule has 0 aromatic heterocycles. The molecule has 1 aliphatic carbocycles. The third-order valence-electron chi connectivity index (χ3n) is 3.45. The maximum atomic E-state index is 12.2. The second kappa shape index (κ2) is 6.04. The quantitative estimate of drug-likeness (QED) is 0.894. The van der Waals surface area contributed by atoms with Gasteiger partial charge < -0.3 is 11.1 Å². The molecular formula is C13H16BrClN2O. The van der Waals surface area contributed by atoms with Crippen LogP contribution in [0.2, 0.25) is 5.02 Å². The number of nitrogens with two attached hydrogens (primary N) is 1. The number of benzene rings is 1. The Hall–Kier alpha value is -0.580. The van der Waals surface area contributed by atoms with Crippen molar-refractivity contribution in [1.29, 1.82) is 0 Å². The molecule has 2 rings (SSSR count). The summed E-state index contributed by atoms with van der Waals surface area (Å²) in [4.78, 5) is 12.2. The first-order chi connectivity index (χ1) is 8.61. The number of hydrogen-bond acceptors (Lipinski definition) is 2. The summed E-state index contributed by atoms with van der Waals surface area (Å²) < 4.78 is 0.756. The van der Waals surface area contributed by atoms with Crippen molar-refractivity contribution < 1.29 is 4.79 Å². The first-order valence-corrected chi connectivity index (χ1v) is 7.25. The Balaban J connectivity index is 2.09. The van der Waals surface area contributed by atoms with E-state index in [1.54, 1.807) is 18.2 Å². The van der Waals surface area contributed by atoms with E-state index in [9.17, 15) is 4.79 Å². The van der Waals surface area contributed by atoms with Crippen molar-refractivity contribution in [3.8, 4) is 0 Å². The molecule has 1 aliphatic rings. The van der Waals surface area contributed by atoms with Crippen LogP contribution in [-0.4, -0.2) is 18.5 Å². The molecule has 0 spiro atoms. The lowest BCUT2D eigenvalue weighted by molar-refractivity contribution is 0.0928. The maximum absolute atomic E-state index is 12.2. The fourth-order valence-electron chi connectivity index (χ4n) is 2.43. The second-order valence-corrected chi connectivity index (χ2v) is 5.92. The zero-order valence-corrected chi connectivity index (χ0v) is 12.3. The lowest BCUT2D eigenvalue weighted by Crippen LogP contribution is -2.40. The Morgan fingerprint density at radius 2 is 2.28 bits per heavy atom. The van der Waals surface area contributed by atoms with Crippen LogP contribution in [0.4, 0.5) is 0 Å². The summed E-state index contributed by atoms with van der Waals surface area (Å²) in [6.07, 6.45) is 3.23. The van der Waals surface area contributed by atoms with E-state index in [-0.39, 0.29) is 11.9 Å². The Labute approximate surface area is 120 Å². The van der Waals surface area contributed by atoms with E-state index in [1.165, 1.54) is 0 Å². The topological polar surface area (TPSA) is 55.1 Å². The van der Waals surface area contributed by atoms with Crippen LogP contribution >= 0.6 is 27.5 Å². The molecule has 0 heterocycles. The Kier molecular flexibility index (Phi) is 4.65. The highest BCUT2D eigenvalue weighted by Crippen LogP contribution is 2.26. The molecule has 0 radical (unpaired) electrons. The first-order valence-electron chi connectivity index (χ1n) is 6.08. The number of carbonyl (C=O) groups is 1. The predicted molar refractivity (Wildman–Crippen MR) is 76.8 cm³/mol. The maximum Gasteiger partial charge on any atom is 0.252 e. The van der Waals surface area contributed by atoms with Crippen LogP contribution in [-0.2, 0) is 0 Å². The fourth-order valence-corrected chi connectivity index (χ4v) is 3.03. The van der Waals surface area contributed by atoms with Gasteiger partial charge in [-0.2, -0.15) is 0 Å². The van der Waals surface area contributed by atoms with Gasteiger partial charge in [0.25, 0.3) is 5.91 Å². The standard InChI is InChI=1S/C13H16BrClN2O/c14-11-5-4-9(15)6-10(11)13(18)17-12-3-1-2-8(12)7-16/h4-6,8,12H,1-3,7,16H2,(H,17,18). The molecule has 3 nitrogen and oxygen atoms in total. The molecule has 5 heteroatoms. The summed E-state index contributed by atoms with van der Waals surface area (Å²) in [5, 5.41) is 3.62. The third kappa shape index (κ3) is 3.05. The van der Waals surface area contributed by atoms with Gasteiger partial charge in [0.2, 0.25) is 0 Å². The van der Waals surface area contributed by atoms with Crippen LogP contribution in [0.25, 0.3) is 0 Å². The number of carbonyl (C=O) groups excluding carboxylic acids is 1. The Bertz CT molecular complexity index is 453. The molecule has 2 atom stereocenters.